The molecule has 0 aliphatic carbocycles. The van der Waals surface area contributed by atoms with Gasteiger partial charge in [-0.2, -0.15) is 0 Å². The summed E-state index contributed by atoms with van der Waals surface area (Å²) in [6.07, 6.45) is 0. The Bertz CT molecular complexity index is 596. The van der Waals surface area contributed by atoms with Gasteiger partial charge in [0, 0.05) is 5.69 Å². The number of carbonyl (C=O) groups is 1. The zero-order valence-electron chi connectivity index (χ0n) is 11.5. The number of anilines is 2. The van der Waals surface area contributed by atoms with Gasteiger partial charge in [-0.1, -0.05) is 41.4 Å². The lowest BCUT2D eigenvalue weighted by Crippen LogP contribution is -2.31. The Morgan fingerprint density at radius 2 is 1.75 bits per heavy atom. The van der Waals surface area contributed by atoms with Gasteiger partial charge >= 0.3 is 0 Å². The molecular formula is C16H17ClN2O. The van der Waals surface area contributed by atoms with Crippen molar-refractivity contribution >= 4 is 28.9 Å². The average molecular weight is 289 g/mol. The number of hydrogen-bond donors (Lipinski definition) is 2. The zero-order valence-corrected chi connectivity index (χ0v) is 12.2. The minimum atomic E-state index is -0.353. The number of aryl methyl sites for hydroxylation is 1. The van der Waals surface area contributed by atoms with Gasteiger partial charge in [-0.3, -0.25) is 4.79 Å². The van der Waals surface area contributed by atoms with Crippen LogP contribution in [0.5, 0.6) is 0 Å². The van der Waals surface area contributed by atoms with Crippen LogP contribution in [0.3, 0.4) is 0 Å². The zero-order chi connectivity index (χ0) is 14.5. The van der Waals surface area contributed by atoms with E-state index < -0.39 is 0 Å². The molecule has 2 aromatic rings. The van der Waals surface area contributed by atoms with E-state index >= 15 is 0 Å². The van der Waals surface area contributed by atoms with E-state index in [0.717, 1.165) is 5.69 Å². The van der Waals surface area contributed by atoms with E-state index in [1.165, 1.54) is 5.56 Å². The van der Waals surface area contributed by atoms with Gasteiger partial charge in [0.25, 0.3) is 0 Å². The van der Waals surface area contributed by atoms with Crippen LogP contribution in [0.2, 0.25) is 5.02 Å². The molecule has 0 heterocycles. The summed E-state index contributed by atoms with van der Waals surface area (Å²) >= 11 is 6.02. The van der Waals surface area contributed by atoms with Crippen LogP contribution in [0.15, 0.2) is 48.5 Å². The minimum Gasteiger partial charge on any atom is -0.374 e. The van der Waals surface area contributed by atoms with Gasteiger partial charge in [0.05, 0.1) is 10.7 Å². The van der Waals surface area contributed by atoms with Gasteiger partial charge < -0.3 is 10.6 Å². The Morgan fingerprint density at radius 1 is 1.10 bits per heavy atom. The number of nitrogens with one attached hydrogen (secondary N) is 2. The Kier molecular flexibility index (Phi) is 4.64. The molecule has 0 saturated carbocycles. The summed E-state index contributed by atoms with van der Waals surface area (Å²) in [5.41, 5.74) is 2.72. The molecule has 0 bridgehead atoms. The highest BCUT2D eigenvalue weighted by molar-refractivity contribution is 6.33. The molecule has 0 spiro atoms. The first kappa shape index (κ1) is 14.4. The minimum absolute atomic E-state index is 0.126. The van der Waals surface area contributed by atoms with Crippen molar-refractivity contribution in [2.75, 3.05) is 10.6 Å². The average Bonchev–Trinajstić information content (AvgIpc) is 2.44. The van der Waals surface area contributed by atoms with Crippen molar-refractivity contribution in [3.05, 3.63) is 59.1 Å². The van der Waals surface area contributed by atoms with Crippen LogP contribution in [-0.2, 0) is 4.79 Å². The number of halogens is 1. The first-order valence-electron chi connectivity index (χ1n) is 6.45. The molecule has 0 saturated heterocycles. The maximum atomic E-state index is 12.1. The molecule has 0 aromatic heterocycles. The Morgan fingerprint density at radius 3 is 2.40 bits per heavy atom. The predicted octanol–water partition coefficient (Wildman–Crippen LogP) is 4.09. The second-order valence-electron chi connectivity index (χ2n) is 4.70. The first-order chi connectivity index (χ1) is 9.56. The maximum absolute atomic E-state index is 12.1. The molecular weight excluding hydrogens is 272 g/mol. The maximum Gasteiger partial charge on any atom is 0.246 e. The van der Waals surface area contributed by atoms with Crippen LogP contribution in [0, 0.1) is 6.92 Å². The lowest BCUT2D eigenvalue weighted by molar-refractivity contribution is -0.116. The highest BCUT2D eigenvalue weighted by Crippen LogP contribution is 2.20. The molecule has 0 fully saturated rings. The van der Waals surface area contributed by atoms with Gasteiger partial charge in [-0.15, -0.1) is 0 Å². The summed E-state index contributed by atoms with van der Waals surface area (Å²) in [5, 5.41) is 6.49. The van der Waals surface area contributed by atoms with Crippen molar-refractivity contribution in [3.8, 4) is 0 Å². The molecule has 0 aliphatic heterocycles. The van der Waals surface area contributed by atoms with Crippen LogP contribution >= 0.6 is 11.6 Å². The monoisotopic (exact) mass is 288 g/mol. The van der Waals surface area contributed by atoms with E-state index in [-0.39, 0.29) is 11.9 Å². The number of para-hydroxylation sites is 1. The van der Waals surface area contributed by atoms with Crippen LogP contribution in [-0.4, -0.2) is 11.9 Å². The third-order valence-electron chi connectivity index (χ3n) is 2.96. The molecule has 1 amide bonds. The molecule has 3 nitrogen and oxygen atoms in total. The fraction of sp³-hybridized carbons (Fsp3) is 0.188. The van der Waals surface area contributed by atoms with Crippen LogP contribution < -0.4 is 10.6 Å². The van der Waals surface area contributed by atoms with Crippen molar-refractivity contribution < 1.29 is 4.79 Å². The van der Waals surface area contributed by atoms with Crippen LogP contribution in [0.25, 0.3) is 0 Å². The standard InChI is InChI=1S/C16H17ClN2O/c1-11-7-9-13(10-8-11)18-12(2)16(20)19-15-6-4-3-5-14(15)17/h3-10,12,18H,1-2H3,(H,19,20). The number of hydrogen-bond acceptors (Lipinski definition) is 2. The summed E-state index contributed by atoms with van der Waals surface area (Å²) in [6, 6.07) is 14.7. The summed E-state index contributed by atoms with van der Waals surface area (Å²) in [7, 11) is 0. The molecule has 20 heavy (non-hydrogen) atoms. The molecule has 2 aromatic carbocycles. The molecule has 2 rings (SSSR count). The van der Waals surface area contributed by atoms with Crippen molar-refractivity contribution in [1.82, 2.24) is 0 Å². The molecule has 0 aliphatic rings. The third kappa shape index (κ3) is 3.75. The molecule has 1 unspecified atom stereocenters. The number of rotatable bonds is 4. The fourth-order valence-corrected chi connectivity index (χ4v) is 1.95. The van der Waals surface area contributed by atoms with E-state index in [2.05, 4.69) is 10.6 Å². The third-order valence-corrected chi connectivity index (χ3v) is 3.29. The second-order valence-corrected chi connectivity index (χ2v) is 5.11. The SMILES string of the molecule is Cc1ccc(NC(C)C(=O)Nc2ccccc2Cl)cc1. The van der Waals surface area contributed by atoms with Gasteiger partial charge in [-0.05, 0) is 38.1 Å². The quantitative estimate of drug-likeness (QED) is 0.890. The lowest BCUT2D eigenvalue weighted by atomic mass is 10.2. The molecule has 2 N–H and O–H groups in total. The van der Waals surface area contributed by atoms with Crippen molar-refractivity contribution in [2.24, 2.45) is 0 Å². The summed E-state index contributed by atoms with van der Waals surface area (Å²) in [6.45, 7) is 3.84. The highest BCUT2D eigenvalue weighted by atomic mass is 35.5. The molecule has 1 atom stereocenters. The lowest BCUT2D eigenvalue weighted by Gasteiger charge is -2.16. The Balaban J connectivity index is 1.99. The molecule has 0 radical (unpaired) electrons. The van der Waals surface area contributed by atoms with E-state index in [1.54, 1.807) is 12.1 Å². The van der Waals surface area contributed by atoms with Gasteiger partial charge in [0.1, 0.15) is 6.04 Å². The highest BCUT2D eigenvalue weighted by Gasteiger charge is 2.13. The van der Waals surface area contributed by atoms with Crippen LogP contribution in [0.4, 0.5) is 11.4 Å². The van der Waals surface area contributed by atoms with Gasteiger partial charge in [0.15, 0.2) is 0 Å². The largest absolute Gasteiger partial charge is 0.374 e. The van der Waals surface area contributed by atoms with E-state index in [0.29, 0.717) is 10.7 Å². The Hall–Kier alpha value is -2.00. The normalized spacial score (nSPS) is 11.8. The summed E-state index contributed by atoms with van der Waals surface area (Å²) in [5.74, 6) is -0.126. The smallest absolute Gasteiger partial charge is 0.246 e. The van der Waals surface area contributed by atoms with E-state index in [1.807, 2.05) is 50.2 Å². The summed E-state index contributed by atoms with van der Waals surface area (Å²) < 4.78 is 0. The topological polar surface area (TPSA) is 41.1 Å². The Labute approximate surface area is 124 Å². The first-order valence-corrected chi connectivity index (χ1v) is 6.82. The van der Waals surface area contributed by atoms with Gasteiger partial charge in [-0.25, -0.2) is 0 Å². The van der Waals surface area contributed by atoms with E-state index in [9.17, 15) is 4.79 Å². The van der Waals surface area contributed by atoms with Crippen molar-refractivity contribution in [1.29, 1.82) is 0 Å². The van der Waals surface area contributed by atoms with Gasteiger partial charge in [0.2, 0.25) is 5.91 Å². The van der Waals surface area contributed by atoms with Crippen molar-refractivity contribution in [3.63, 3.8) is 0 Å². The summed E-state index contributed by atoms with van der Waals surface area (Å²) in [4.78, 5) is 12.1. The van der Waals surface area contributed by atoms with Crippen LogP contribution in [0.1, 0.15) is 12.5 Å². The van der Waals surface area contributed by atoms with E-state index in [4.69, 9.17) is 11.6 Å². The molecule has 4 heteroatoms. The fourth-order valence-electron chi connectivity index (χ4n) is 1.77. The van der Waals surface area contributed by atoms with Crippen molar-refractivity contribution in [2.45, 2.75) is 19.9 Å². The number of amides is 1. The number of carbonyl (C=O) groups excluding carboxylic acids is 1. The molecule has 104 valence electrons. The predicted molar refractivity (Wildman–Crippen MR) is 84.3 cm³/mol. The number of benzene rings is 2. The second kappa shape index (κ2) is 6.44.